The molecule has 2 fully saturated rings. The Morgan fingerprint density at radius 1 is 0.806 bits per heavy atom. The second-order valence-electron chi connectivity index (χ2n) is 8.37. The van der Waals surface area contributed by atoms with Gasteiger partial charge in [0.2, 0.25) is 5.83 Å². The molecule has 0 aromatic heterocycles. The van der Waals surface area contributed by atoms with Gasteiger partial charge in [-0.15, -0.1) is 0 Å². The van der Waals surface area contributed by atoms with Crippen LogP contribution in [0, 0.1) is 23.7 Å². The second kappa shape index (κ2) is 12.8. The highest BCUT2D eigenvalue weighted by Crippen LogP contribution is 2.47. The minimum Gasteiger partial charge on any atom is -0.199 e. The topological polar surface area (TPSA) is 0 Å². The smallest absolute Gasteiger partial charge is 0.199 e. The molecule has 0 saturated heterocycles. The van der Waals surface area contributed by atoms with E-state index in [9.17, 15) is 35.1 Å². The third-order valence-electron chi connectivity index (χ3n) is 6.45. The van der Waals surface area contributed by atoms with Gasteiger partial charge in [-0.3, -0.25) is 0 Å². The zero-order valence-corrected chi connectivity index (χ0v) is 18.3. The van der Waals surface area contributed by atoms with Gasteiger partial charge in [-0.1, -0.05) is 58.1 Å². The van der Waals surface area contributed by atoms with E-state index >= 15 is 0 Å². The summed E-state index contributed by atoms with van der Waals surface area (Å²) in [5, 5.41) is 0. The molecule has 0 aliphatic heterocycles. The van der Waals surface area contributed by atoms with Crippen molar-refractivity contribution < 1.29 is 35.1 Å². The number of rotatable bonds is 7. The normalized spacial score (nSPS) is 24.5. The first-order valence-corrected chi connectivity index (χ1v) is 11.4. The molecular weight excluding hydrogens is 428 g/mol. The first-order valence-electron chi connectivity index (χ1n) is 11.4. The second-order valence-corrected chi connectivity index (χ2v) is 8.37. The summed E-state index contributed by atoms with van der Waals surface area (Å²) in [6.45, 7) is 4.00. The highest BCUT2D eigenvalue weighted by molar-refractivity contribution is 5.09. The molecule has 1 atom stereocenters. The lowest BCUT2D eigenvalue weighted by atomic mass is 9.71. The standard InChI is InChI=1S/C21H28F8.C2H6/c22-18(19(23)24)20(25,26)17(21(27,28)29)9-5-4-6-14-10-12-16(13-11-14)15-7-2-1-3-8-15;1-2/h4,6,14-17H,1-3,5,7-13H2;1-2H3/b6-4+;. The van der Waals surface area contributed by atoms with E-state index in [4.69, 9.17) is 0 Å². The molecule has 31 heavy (non-hydrogen) atoms. The molecular formula is C23H34F8. The summed E-state index contributed by atoms with van der Waals surface area (Å²) in [5.41, 5.74) is 0. The number of alkyl halides is 5. The number of hydrogen-bond acceptors (Lipinski definition) is 0. The van der Waals surface area contributed by atoms with E-state index in [0.29, 0.717) is 5.92 Å². The van der Waals surface area contributed by atoms with Crippen molar-refractivity contribution in [1.82, 2.24) is 0 Å². The molecule has 0 N–H and O–H groups in total. The van der Waals surface area contributed by atoms with Gasteiger partial charge in [0.25, 0.3) is 0 Å². The fraction of sp³-hybridized carbons (Fsp3) is 0.826. The van der Waals surface area contributed by atoms with Crippen LogP contribution in [0.5, 0.6) is 0 Å². The molecule has 2 saturated carbocycles. The molecule has 1 unspecified atom stereocenters. The van der Waals surface area contributed by atoms with Gasteiger partial charge >= 0.3 is 18.2 Å². The van der Waals surface area contributed by atoms with Crippen LogP contribution < -0.4 is 0 Å². The fourth-order valence-electron chi connectivity index (χ4n) is 4.80. The van der Waals surface area contributed by atoms with Gasteiger partial charge in [-0.25, -0.2) is 0 Å². The van der Waals surface area contributed by atoms with Crippen molar-refractivity contribution in [3.63, 3.8) is 0 Å². The van der Waals surface area contributed by atoms with Gasteiger partial charge in [-0.05, 0) is 56.3 Å². The van der Waals surface area contributed by atoms with Crippen molar-refractivity contribution in [3.8, 4) is 0 Å². The molecule has 0 radical (unpaired) electrons. The Hall–Kier alpha value is -1.08. The third kappa shape index (κ3) is 8.41. The summed E-state index contributed by atoms with van der Waals surface area (Å²) in [6.07, 6.45) is 3.06. The first kappa shape index (κ1) is 28.0. The van der Waals surface area contributed by atoms with Crippen LogP contribution in [0.1, 0.15) is 84.5 Å². The van der Waals surface area contributed by atoms with Crippen molar-refractivity contribution >= 4 is 0 Å². The Kier molecular flexibility index (Phi) is 11.6. The Labute approximate surface area is 180 Å². The number of allylic oxidation sites excluding steroid dienone is 3. The molecule has 2 aliphatic rings. The van der Waals surface area contributed by atoms with Gasteiger partial charge in [0.15, 0.2) is 0 Å². The number of halogens is 8. The summed E-state index contributed by atoms with van der Waals surface area (Å²) in [6, 6.07) is 0. The average molecular weight is 463 g/mol. The van der Waals surface area contributed by atoms with Gasteiger partial charge in [-0.2, -0.15) is 35.1 Å². The van der Waals surface area contributed by atoms with Crippen LogP contribution in [0.15, 0.2) is 24.1 Å². The predicted molar refractivity (Wildman–Crippen MR) is 107 cm³/mol. The fourth-order valence-corrected chi connectivity index (χ4v) is 4.80. The molecule has 2 aliphatic carbocycles. The molecule has 0 bridgehead atoms. The van der Waals surface area contributed by atoms with Crippen molar-refractivity contribution in [1.29, 1.82) is 0 Å². The zero-order valence-electron chi connectivity index (χ0n) is 18.3. The van der Waals surface area contributed by atoms with Crippen molar-refractivity contribution in [3.05, 3.63) is 24.1 Å². The highest BCUT2D eigenvalue weighted by atomic mass is 19.4. The molecule has 0 amide bonds. The van der Waals surface area contributed by atoms with E-state index in [1.807, 2.05) is 13.8 Å². The lowest BCUT2D eigenvalue weighted by molar-refractivity contribution is -0.236. The van der Waals surface area contributed by atoms with E-state index in [1.54, 1.807) is 6.08 Å². The minimum atomic E-state index is -5.48. The van der Waals surface area contributed by atoms with Gasteiger partial charge in [0.1, 0.15) is 5.92 Å². The van der Waals surface area contributed by atoms with Gasteiger partial charge in [0.05, 0.1) is 0 Å². The molecule has 0 heterocycles. The van der Waals surface area contributed by atoms with E-state index in [-0.39, 0.29) is 12.3 Å². The highest BCUT2D eigenvalue weighted by Gasteiger charge is 2.58. The minimum absolute atomic E-state index is 0.194. The Morgan fingerprint density at radius 3 is 1.81 bits per heavy atom. The quantitative estimate of drug-likeness (QED) is 0.261. The third-order valence-corrected chi connectivity index (χ3v) is 6.45. The van der Waals surface area contributed by atoms with E-state index in [1.165, 1.54) is 38.2 Å². The van der Waals surface area contributed by atoms with Crippen LogP contribution in [0.4, 0.5) is 35.1 Å². The Bertz CT molecular complexity index is 561. The maximum Gasteiger partial charge on any atom is 0.398 e. The molecule has 0 spiro atoms. The van der Waals surface area contributed by atoms with Gasteiger partial charge in [0, 0.05) is 0 Å². The largest absolute Gasteiger partial charge is 0.398 e. The number of hydrogen-bond donors (Lipinski definition) is 0. The molecule has 2 rings (SSSR count). The summed E-state index contributed by atoms with van der Waals surface area (Å²) in [5.74, 6) is -10.4. The molecule has 182 valence electrons. The Balaban J connectivity index is 0.00000233. The van der Waals surface area contributed by atoms with Gasteiger partial charge < -0.3 is 0 Å². The van der Waals surface area contributed by atoms with Crippen LogP contribution >= 0.6 is 0 Å². The molecule has 8 heteroatoms. The summed E-state index contributed by atoms with van der Waals surface area (Å²) < 4.78 is 103. The van der Waals surface area contributed by atoms with E-state index < -0.39 is 36.3 Å². The van der Waals surface area contributed by atoms with Crippen LogP contribution in [0.2, 0.25) is 0 Å². The predicted octanol–water partition coefficient (Wildman–Crippen LogP) is 9.63. The monoisotopic (exact) mass is 462 g/mol. The summed E-state index contributed by atoms with van der Waals surface area (Å²) in [7, 11) is 0. The van der Waals surface area contributed by atoms with Crippen LogP contribution in [0.25, 0.3) is 0 Å². The van der Waals surface area contributed by atoms with Crippen molar-refractivity contribution in [2.45, 2.75) is 96.6 Å². The first-order chi connectivity index (χ1) is 14.5. The lowest BCUT2D eigenvalue weighted by Crippen LogP contribution is -2.40. The summed E-state index contributed by atoms with van der Waals surface area (Å²) >= 11 is 0. The Morgan fingerprint density at radius 2 is 1.32 bits per heavy atom. The van der Waals surface area contributed by atoms with E-state index in [2.05, 4.69) is 0 Å². The molecule has 0 nitrogen and oxygen atoms in total. The van der Waals surface area contributed by atoms with Crippen LogP contribution in [0.3, 0.4) is 0 Å². The SMILES string of the molecule is CC.FC(F)=C(F)C(F)(F)C(CC/C=C/C1CCC(C2CCCCC2)CC1)C(F)(F)F. The maximum absolute atomic E-state index is 13.6. The van der Waals surface area contributed by atoms with Crippen molar-refractivity contribution in [2.75, 3.05) is 0 Å². The van der Waals surface area contributed by atoms with Crippen LogP contribution in [-0.4, -0.2) is 12.1 Å². The average Bonchev–Trinajstić information content (AvgIpc) is 2.74. The lowest BCUT2D eigenvalue weighted by Gasteiger charge is -2.35. The molecule has 0 aromatic carbocycles. The molecule has 0 aromatic rings. The van der Waals surface area contributed by atoms with Crippen molar-refractivity contribution in [2.24, 2.45) is 23.7 Å². The maximum atomic E-state index is 13.6. The van der Waals surface area contributed by atoms with Crippen LogP contribution in [-0.2, 0) is 0 Å². The zero-order chi connectivity index (χ0) is 23.7. The summed E-state index contributed by atoms with van der Waals surface area (Å²) in [4.78, 5) is 0. The van der Waals surface area contributed by atoms with E-state index in [0.717, 1.165) is 31.6 Å².